The molecule has 1 unspecified atom stereocenters. The standard InChI is InChI=1S/C17H21N3/c1-13(10-11-14-6-3-2-4-7-14)15-8-5-9-16(12-15)20-17(18)19/h2-9,12-13H,10-11H2,1H3,(H4,18,19,20). The van der Waals surface area contributed by atoms with Crippen molar-refractivity contribution in [3.63, 3.8) is 0 Å². The van der Waals surface area contributed by atoms with E-state index in [4.69, 9.17) is 11.5 Å². The summed E-state index contributed by atoms with van der Waals surface area (Å²) in [5.41, 5.74) is 14.3. The Balaban J connectivity index is 2.02. The summed E-state index contributed by atoms with van der Waals surface area (Å²) in [6, 6.07) is 18.6. The van der Waals surface area contributed by atoms with Crippen molar-refractivity contribution in [2.75, 3.05) is 0 Å². The molecule has 0 aliphatic rings. The van der Waals surface area contributed by atoms with E-state index < -0.39 is 0 Å². The Morgan fingerprint density at radius 2 is 1.80 bits per heavy atom. The van der Waals surface area contributed by atoms with Crippen molar-refractivity contribution in [3.05, 3.63) is 65.7 Å². The van der Waals surface area contributed by atoms with Crippen LogP contribution >= 0.6 is 0 Å². The SMILES string of the molecule is CC(CCc1ccccc1)c1cccc(N=C(N)N)c1. The predicted octanol–water partition coefficient (Wildman–Crippen LogP) is 3.33. The lowest BCUT2D eigenvalue weighted by Crippen LogP contribution is -2.21. The molecule has 0 amide bonds. The van der Waals surface area contributed by atoms with Crippen molar-refractivity contribution in [2.45, 2.75) is 25.7 Å². The molecule has 1 atom stereocenters. The molecule has 0 aromatic heterocycles. The van der Waals surface area contributed by atoms with E-state index in [9.17, 15) is 0 Å². The molecule has 0 saturated carbocycles. The molecule has 2 aromatic rings. The Hall–Kier alpha value is -2.29. The van der Waals surface area contributed by atoms with Crippen molar-refractivity contribution < 1.29 is 0 Å². The van der Waals surface area contributed by atoms with Gasteiger partial charge in [0, 0.05) is 0 Å². The van der Waals surface area contributed by atoms with E-state index in [1.807, 2.05) is 18.2 Å². The highest BCUT2D eigenvalue weighted by Crippen LogP contribution is 2.24. The number of benzene rings is 2. The van der Waals surface area contributed by atoms with Crippen LogP contribution in [0.4, 0.5) is 5.69 Å². The van der Waals surface area contributed by atoms with Crippen LogP contribution in [0.3, 0.4) is 0 Å². The van der Waals surface area contributed by atoms with Crippen LogP contribution < -0.4 is 11.5 Å². The van der Waals surface area contributed by atoms with Gasteiger partial charge in [0.1, 0.15) is 0 Å². The van der Waals surface area contributed by atoms with E-state index in [0.717, 1.165) is 18.5 Å². The Labute approximate surface area is 120 Å². The van der Waals surface area contributed by atoms with E-state index in [1.54, 1.807) is 0 Å². The van der Waals surface area contributed by atoms with Gasteiger partial charge < -0.3 is 11.5 Å². The first-order chi connectivity index (χ1) is 9.65. The van der Waals surface area contributed by atoms with Crippen LogP contribution in [0.25, 0.3) is 0 Å². The molecule has 4 N–H and O–H groups in total. The second-order valence-corrected chi connectivity index (χ2v) is 5.06. The number of aryl methyl sites for hydroxylation is 1. The third-order valence-electron chi connectivity index (χ3n) is 3.41. The Morgan fingerprint density at radius 1 is 1.05 bits per heavy atom. The van der Waals surface area contributed by atoms with Crippen LogP contribution in [0.2, 0.25) is 0 Å². The smallest absolute Gasteiger partial charge is 0.191 e. The third-order valence-corrected chi connectivity index (χ3v) is 3.41. The second kappa shape index (κ2) is 6.75. The van der Waals surface area contributed by atoms with Gasteiger partial charge >= 0.3 is 0 Å². The average molecular weight is 267 g/mol. The third kappa shape index (κ3) is 4.12. The molecule has 2 rings (SSSR count). The number of nitrogens with two attached hydrogens (primary N) is 2. The van der Waals surface area contributed by atoms with Gasteiger partial charge in [-0.05, 0) is 42.0 Å². The highest BCUT2D eigenvalue weighted by atomic mass is 15.0. The van der Waals surface area contributed by atoms with E-state index in [0.29, 0.717) is 5.92 Å². The summed E-state index contributed by atoms with van der Waals surface area (Å²) in [5.74, 6) is 0.573. The molecule has 0 saturated heterocycles. The van der Waals surface area contributed by atoms with Crippen LogP contribution in [0.15, 0.2) is 59.6 Å². The molecule has 3 heteroatoms. The molecule has 0 radical (unpaired) electrons. The fourth-order valence-electron chi connectivity index (χ4n) is 2.24. The molecule has 0 fully saturated rings. The molecule has 0 aliphatic carbocycles. The highest BCUT2D eigenvalue weighted by molar-refractivity contribution is 5.79. The van der Waals surface area contributed by atoms with Crippen LogP contribution in [-0.2, 0) is 6.42 Å². The summed E-state index contributed by atoms with van der Waals surface area (Å²) in [6.45, 7) is 2.23. The Kier molecular flexibility index (Phi) is 4.77. The second-order valence-electron chi connectivity index (χ2n) is 5.06. The van der Waals surface area contributed by atoms with Gasteiger partial charge in [0.05, 0.1) is 5.69 Å². The van der Waals surface area contributed by atoms with Crippen molar-refractivity contribution in [2.24, 2.45) is 16.5 Å². The minimum atomic E-state index is 0.0964. The molecule has 0 heterocycles. The van der Waals surface area contributed by atoms with Gasteiger partial charge in [-0.25, -0.2) is 4.99 Å². The normalized spacial score (nSPS) is 11.8. The number of aliphatic imine (C=N–C) groups is 1. The highest BCUT2D eigenvalue weighted by Gasteiger charge is 2.06. The Morgan fingerprint density at radius 3 is 2.50 bits per heavy atom. The minimum Gasteiger partial charge on any atom is -0.370 e. The monoisotopic (exact) mass is 267 g/mol. The zero-order valence-electron chi connectivity index (χ0n) is 11.8. The summed E-state index contributed by atoms with van der Waals surface area (Å²) in [4.78, 5) is 4.09. The summed E-state index contributed by atoms with van der Waals surface area (Å²) in [5, 5.41) is 0. The molecule has 20 heavy (non-hydrogen) atoms. The average Bonchev–Trinajstić information content (AvgIpc) is 2.45. The fraction of sp³-hybridized carbons (Fsp3) is 0.235. The first kappa shape index (κ1) is 14.1. The molecular formula is C17H21N3. The number of hydrogen-bond acceptors (Lipinski definition) is 1. The van der Waals surface area contributed by atoms with Gasteiger partial charge in [0.2, 0.25) is 0 Å². The van der Waals surface area contributed by atoms with Crippen molar-refractivity contribution in [3.8, 4) is 0 Å². The largest absolute Gasteiger partial charge is 0.370 e. The lowest BCUT2D eigenvalue weighted by molar-refractivity contribution is 0.680. The molecule has 2 aromatic carbocycles. The topological polar surface area (TPSA) is 64.4 Å². The summed E-state index contributed by atoms with van der Waals surface area (Å²) >= 11 is 0. The van der Waals surface area contributed by atoms with Gasteiger partial charge in [-0.2, -0.15) is 0 Å². The summed E-state index contributed by atoms with van der Waals surface area (Å²) in [6.07, 6.45) is 2.18. The van der Waals surface area contributed by atoms with E-state index in [-0.39, 0.29) is 5.96 Å². The number of nitrogens with zero attached hydrogens (tertiary/aromatic N) is 1. The first-order valence-corrected chi connectivity index (χ1v) is 6.88. The number of guanidine groups is 1. The van der Waals surface area contributed by atoms with Crippen molar-refractivity contribution in [1.29, 1.82) is 0 Å². The zero-order valence-corrected chi connectivity index (χ0v) is 11.8. The van der Waals surface area contributed by atoms with Gasteiger partial charge in [-0.3, -0.25) is 0 Å². The molecule has 0 aliphatic heterocycles. The lowest BCUT2D eigenvalue weighted by atomic mass is 9.94. The molecular weight excluding hydrogens is 246 g/mol. The maximum atomic E-state index is 5.41. The van der Waals surface area contributed by atoms with E-state index >= 15 is 0 Å². The molecule has 3 nitrogen and oxygen atoms in total. The predicted molar refractivity (Wildman–Crippen MR) is 85.1 cm³/mol. The van der Waals surface area contributed by atoms with Gasteiger partial charge in [0.25, 0.3) is 0 Å². The van der Waals surface area contributed by atoms with Crippen molar-refractivity contribution >= 4 is 11.6 Å². The molecule has 104 valence electrons. The minimum absolute atomic E-state index is 0.0964. The zero-order chi connectivity index (χ0) is 14.4. The van der Waals surface area contributed by atoms with E-state index in [1.165, 1.54) is 11.1 Å². The number of hydrogen-bond donors (Lipinski definition) is 2. The summed E-state index contributed by atoms with van der Waals surface area (Å²) < 4.78 is 0. The maximum Gasteiger partial charge on any atom is 0.191 e. The maximum absolute atomic E-state index is 5.41. The van der Waals surface area contributed by atoms with Crippen LogP contribution in [-0.4, -0.2) is 5.96 Å². The number of rotatable bonds is 5. The van der Waals surface area contributed by atoms with Gasteiger partial charge in [-0.15, -0.1) is 0 Å². The summed E-state index contributed by atoms with van der Waals surface area (Å²) in [7, 11) is 0. The van der Waals surface area contributed by atoms with Crippen molar-refractivity contribution in [1.82, 2.24) is 0 Å². The molecule has 0 bridgehead atoms. The molecule has 0 spiro atoms. The Bertz CT molecular complexity index is 572. The first-order valence-electron chi connectivity index (χ1n) is 6.88. The van der Waals surface area contributed by atoms with E-state index in [2.05, 4.69) is 48.3 Å². The van der Waals surface area contributed by atoms with Crippen LogP contribution in [0.1, 0.15) is 30.4 Å². The fourth-order valence-corrected chi connectivity index (χ4v) is 2.24. The van der Waals surface area contributed by atoms with Crippen LogP contribution in [0, 0.1) is 0 Å². The quantitative estimate of drug-likeness (QED) is 0.644. The lowest BCUT2D eigenvalue weighted by Gasteiger charge is -2.12. The van der Waals surface area contributed by atoms with Gasteiger partial charge in [0.15, 0.2) is 5.96 Å². The van der Waals surface area contributed by atoms with Crippen LogP contribution in [0.5, 0.6) is 0 Å². The van der Waals surface area contributed by atoms with Gasteiger partial charge in [-0.1, -0.05) is 49.4 Å².